The predicted octanol–water partition coefficient (Wildman–Crippen LogP) is 1.48. The van der Waals surface area contributed by atoms with Crippen molar-refractivity contribution in [2.24, 2.45) is 0 Å². The van der Waals surface area contributed by atoms with Crippen molar-refractivity contribution in [3.8, 4) is 5.75 Å². The number of benzene rings is 1. The smallest absolute Gasteiger partial charge is 0.337 e. The Morgan fingerprint density at radius 1 is 1.43 bits per heavy atom. The number of carbonyl (C=O) groups is 2. The van der Waals surface area contributed by atoms with Gasteiger partial charge in [0.2, 0.25) is 0 Å². The number of aromatic nitrogens is 2. The lowest BCUT2D eigenvalue weighted by atomic mass is 10.1. The molecule has 0 aliphatic carbocycles. The predicted molar refractivity (Wildman–Crippen MR) is 74.1 cm³/mol. The molecular formula is C13H14N4O4. The van der Waals surface area contributed by atoms with Gasteiger partial charge in [-0.3, -0.25) is 5.10 Å². The lowest BCUT2D eigenvalue weighted by Gasteiger charge is -2.18. The van der Waals surface area contributed by atoms with Crippen LogP contribution < -0.4 is 5.32 Å². The van der Waals surface area contributed by atoms with Crippen molar-refractivity contribution in [1.29, 1.82) is 0 Å². The molecule has 1 aromatic heterocycles. The molecule has 0 bridgehead atoms. The van der Waals surface area contributed by atoms with Gasteiger partial charge in [-0.2, -0.15) is 5.10 Å². The number of aromatic amines is 1. The van der Waals surface area contributed by atoms with Gasteiger partial charge in [-0.25, -0.2) is 9.59 Å². The Morgan fingerprint density at radius 3 is 2.81 bits per heavy atom. The van der Waals surface area contributed by atoms with Gasteiger partial charge in [0.1, 0.15) is 5.75 Å². The molecule has 0 fully saturated rings. The standard InChI is InChI=1S/C13H14N4O4/c1-17(7-8-5-14-15-6-8)13(21)16-11-3-2-9(18)4-10(11)12(19)20/h2-6,18H,7H2,1H3,(H,14,15)(H,16,21)(H,19,20). The highest BCUT2D eigenvalue weighted by molar-refractivity contribution is 6.00. The molecule has 21 heavy (non-hydrogen) atoms. The summed E-state index contributed by atoms with van der Waals surface area (Å²) in [6, 6.07) is 3.25. The molecule has 0 radical (unpaired) electrons. The lowest BCUT2D eigenvalue weighted by molar-refractivity contribution is 0.0697. The molecule has 1 heterocycles. The average Bonchev–Trinajstić information content (AvgIpc) is 2.93. The molecule has 0 atom stereocenters. The monoisotopic (exact) mass is 290 g/mol. The van der Waals surface area contributed by atoms with Gasteiger partial charge in [0, 0.05) is 18.8 Å². The zero-order valence-electron chi connectivity index (χ0n) is 11.2. The molecule has 0 aliphatic heterocycles. The number of carboxylic acid groups (broad SMARTS) is 1. The summed E-state index contributed by atoms with van der Waals surface area (Å²) in [4.78, 5) is 24.5. The van der Waals surface area contributed by atoms with E-state index in [1.54, 1.807) is 19.4 Å². The molecule has 2 rings (SSSR count). The van der Waals surface area contributed by atoms with E-state index in [9.17, 15) is 14.7 Å². The largest absolute Gasteiger partial charge is 0.508 e. The molecule has 2 amide bonds. The summed E-state index contributed by atoms with van der Waals surface area (Å²) < 4.78 is 0. The highest BCUT2D eigenvalue weighted by Gasteiger charge is 2.16. The van der Waals surface area contributed by atoms with Crippen LogP contribution in [0.4, 0.5) is 10.5 Å². The summed E-state index contributed by atoms with van der Waals surface area (Å²) in [5, 5.41) is 27.3. The van der Waals surface area contributed by atoms with E-state index in [1.165, 1.54) is 17.0 Å². The molecule has 8 heteroatoms. The Hall–Kier alpha value is -3.03. The fourth-order valence-electron chi connectivity index (χ4n) is 1.74. The summed E-state index contributed by atoms with van der Waals surface area (Å²) in [7, 11) is 1.57. The van der Waals surface area contributed by atoms with Gasteiger partial charge in [-0.05, 0) is 18.2 Å². The number of phenols is 1. The molecule has 0 aliphatic rings. The molecule has 8 nitrogen and oxygen atoms in total. The highest BCUT2D eigenvalue weighted by atomic mass is 16.4. The van der Waals surface area contributed by atoms with Crippen LogP contribution in [0.2, 0.25) is 0 Å². The number of phenolic OH excluding ortho intramolecular Hbond substituents is 1. The van der Waals surface area contributed by atoms with Crippen LogP contribution in [-0.4, -0.2) is 44.4 Å². The minimum absolute atomic E-state index is 0.115. The molecule has 1 aromatic carbocycles. The fourth-order valence-corrected chi connectivity index (χ4v) is 1.74. The fraction of sp³-hybridized carbons (Fsp3) is 0.154. The minimum Gasteiger partial charge on any atom is -0.508 e. The maximum absolute atomic E-state index is 12.0. The topological polar surface area (TPSA) is 119 Å². The zero-order valence-corrected chi connectivity index (χ0v) is 11.2. The number of hydrogen-bond donors (Lipinski definition) is 4. The maximum Gasteiger partial charge on any atom is 0.337 e. The van der Waals surface area contributed by atoms with E-state index >= 15 is 0 Å². The number of nitrogens with one attached hydrogen (secondary N) is 2. The molecule has 110 valence electrons. The zero-order chi connectivity index (χ0) is 15.4. The number of amides is 2. The number of aromatic carboxylic acids is 1. The Bertz CT molecular complexity index is 654. The van der Waals surface area contributed by atoms with E-state index in [-0.39, 0.29) is 17.0 Å². The van der Waals surface area contributed by atoms with Gasteiger partial charge < -0.3 is 20.4 Å². The normalized spacial score (nSPS) is 10.1. The van der Waals surface area contributed by atoms with Crippen LogP contribution >= 0.6 is 0 Å². The number of hydrogen-bond acceptors (Lipinski definition) is 4. The highest BCUT2D eigenvalue weighted by Crippen LogP contribution is 2.21. The van der Waals surface area contributed by atoms with E-state index in [1.807, 2.05) is 0 Å². The third-order valence-electron chi connectivity index (χ3n) is 2.80. The van der Waals surface area contributed by atoms with Crippen molar-refractivity contribution in [3.63, 3.8) is 0 Å². The van der Waals surface area contributed by atoms with Crippen molar-refractivity contribution in [1.82, 2.24) is 15.1 Å². The molecule has 0 saturated heterocycles. The average molecular weight is 290 g/mol. The van der Waals surface area contributed by atoms with Crippen molar-refractivity contribution in [3.05, 3.63) is 41.7 Å². The van der Waals surface area contributed by atoms with E-state index in [0.717, 1.165) is 11.6 Å². The summed E-state index contributed by atoms with van der Waals surface area (Å²) >= 11 is 0. The molecule has 0 unspecified atom stereocenters. The van der Waals surface area contributed by atoms with Gasteiger partial charge in [-0.15, -0.1) is 0 Å². The number of carboxylic acids is 1. The molecular weight excluding hydrogens is 276 g/mol. The van der Waals surface area contributed by atoms with Crippen molar-refractivity contribution >= 4 is 17.7 Å². The first kappa shape index (κ1) is 14.4. The Morgan fingerprint density at radius 2 is 2.19 bits per heavy atom. The molecule has 2 aromatic rings. The number of aromatic hydroxyl groups is 1. The number of urea groups is 1. The Kier molecular flexibility index (Phi) is 4.07. The summed E-state index contributed by atoms with van der Waals surface area (Å²) in [6.07, 6.45) is 3.25. The molecule has 0 saturated carbocycles. The van der Waals surface area contributed by atoms with Crippen LogP contribution in [0.5, 0.6) is 5.75 Å². The first-order valence-corrected chi connectivity index (χ1v) is 6.03. The maximum atomic E-state index is 12.0. The summed E-state index contributed by atoms with van der Waals surface area (Å²) in [5.74, 6) is -1.42. The second-order valence-electron chi connectivity index (χ2n) is 4.43. The second kappa shape index (κ2) is 5.95. The number of nitrogens with zero attached hydrogens (tertiary/aromatic N) is 2. The number of anilines is 1. The Labute approximate surface area is 120 Å². The third-order valence-corrected chi connectivity index (χ3v) is 2.80. The number of rotatable bonds is 4. The SMILES string of the molecule is CN(Cc1cn[nH]c1)C(=O)Nc1ccc(O)cc1C(=O)O. The summed E-state index contributed by atoms with van der Waals surface area (Å²) in [5.41, 5.74) is 0.751. The first-order chi connectivity index (χ1) is 9.97. The summed E-state index contributed by atoms with van der Waals surface area (Å²) in [6.45, 7) is 0.322. The van der Waals surface area contributed by atoms with Gasteiger partial charge in [0.15, 0.2) is 0 Å². The van der Waals surface area contributed by atoms with Crippen LogP contribution in [0.3, 0.4) is 0 Å². The van der Waals surface area contributed by atoms with E-state index in [4.69, 9.17) is 5.11 Å². The van der Waals surface area contributed by atoms with E-state index < -0.39 is 12.0 Å². The van der Waals surface area contributed by atoms with Crippen LogP contribution in [0.25, 0.3) is 0 Å². The van der Waals surface area contributed by atoms with Crippen LogP contribution in [0.15, 0.2) is 30.6 Å². The molecule has 0 spiro atoms. The van der Waals surface area contributed by atoms with Crippen molar-refractivity contribution in [2.45, 2.75) is 6.54 Å². The third kappa shape index (κ3) is 3.50. The number of carbonyl (C=O) groups excluding carboxylic acids is 1. The minimum atomic E-state index is -1.24. The van der Waals surface area contributed by atoms with Crippen molar-refractivity contribution < 1.29 is 19.8 Å². The van der Waals surface area contributed by atoms with E-state index in [2.05, 4.69) is 15.5 Å². The Balaban J connectivity index is 2.10. The lowest BCUT2D eigenvalue weighted by Crippen LogP contribution is -2.31. The number of H-pyrrole nitrogens is 1. The second-order valence-corrected chi connectivity index (χ2v) is 4.43. The first-order valence-electron chi connectivity index (χ1n) is 6.03. The van der Waals surface area contributed by atoms with Gasteiger partial charge in [0.05, 0.1) is 24.0 Å². The molecule has 4 N–H and O–H groups in total. The van der Waals surface area contributed by atoms with Crippen LogP contribution in [-0.2, 0) is 6.54 Å². The van der Waals surface area contributed by atoms with Crippen LogP contribution in [0, 0.1) is 0 Å². The van der Waals surface area contributed by atoms with Gasteiger partial charge >= 0.3 is 12.0 Å². The van der Waals surface area contributed by atoms with E-state index in [0.29, 0.717) is 6.54 Å². The quantitative estimate of drug-likeness (QED) is 0.636. The van der Waals surface area contributed by atoms with Gasteiger partial charge in [0.25, 0.3) is 0 Å². The van der Waals surface area contributed by atoms with Gasteiger partial charge in [-0.1, -0.05) is 0 Å². The van der Waals surface area contributed by atoms with Crippen LogP contribution in [0.1, 0.15) is 15.9 Å². The van der Waals surface area contributed by atoms with Crippen molar-refractivity contribution in [2.75, 3.05) is 12.4 Å².